The van der Waals surface area contributed by atoms with E-state index < -0.39 is 0 Å². The lowest BCUT2D eigenvalue weighted by molar-refractivity contribution is -0.117. The van der Waals surface area contributed by atoms with Crippen molar-refractivity contribution in [2.75, 3.05) is 6.54 Å². The van der Waals surface area contributed by atoms with Crippen LogP contribution in [0.15, 0.2) is 29.4 Å². The molecule has 4 fully saturated rings. The van der Waals surface area contributed by atoms with Crippen molar-refractivity contribution in [2.45, 2.75) is 76.3 Å². The third-order valence-electron chi connectivity index (χ3n) is 7.82. The van der Waals surface area contributed by atoms with Gasteiger partial charge in [-0.1, -0.05) is 38.0 Å². The monoisotopic (exact) mass is 397 g/mol. The van der Waals surface area contributed by atoms with Gasteiger partial charge in [-0.15, -0.1) is 0 Å². The summed E-state index contributed by atoms with van der Waals surface area (Å²) in [4.78, 5) is 13.2. The van der Waals surface area contributed by atoms with Crippen molar-refractivity contribution >= 4 is 11.6 Å². The van der Waals surface area contributed by atoms with E-state index in [4.69, 9.17) is 5.10 Å². The quantitative estimate of drug-likeness (QED) is 0.671. The smallest absolute Gasteiger partial charge is 0.267 e. The van der Waals surface area contributed by atoms with Gasteiger partial charge in [-0.05, 0) is 62.3 Å². The minimum atomic E-state index is -0.209. The van der Waals surface area contributed by atoms with Crippen LogP contribution in [-0.2, 0) is 4.79 Å². The first-order chi connectivity index (χ1) is 14.1. The number of hydrazone groups is 1. The molecule has 1 heterocycles. The fourth-order valence-electron chi connectivity index (χ4n) is 6.71. The predicted octanol–water partition coefficient (Wildman–Crippen LogP) is 4.81. The molecule has 3 atom stereocenters. The van der Waals surface area contributed by atoms with E-state index >= 15 is 0 Å². The number of amides is 1. The van der Waals surface area contributed by atoms with E-state index in [1.165, 1.54) is 18.9 Å². The van der Waals surface area contributed by atoms with E-state index in [0.29, 0.717) is 17.7 Å². The lowest BCUT2D eigenvalue weighted by Gasteiger charge is -2.39. The Morgan fingerprint density at radius 2 is 1.97 bits per heavy atom. The summed E-state index contributed by atoms with van der Waals surface area (Å²) in [7, 11) is 0. The van der Waals surface area contributed by atoms with Crippen LogP contribution in [0.3, 0.4) is 0 Å². The average Bonchev–Trinajstić information content (AvgIpc) is 3.30. The molecule has 4 nitrogen and oxygen atoms in total. The summed E-state index contributed by atoms with van der Waals surface area (Å²) in [6, 6.07) is 6.74. The number of unbranched alkanes of at least 4 members (excludes halogenated alkanes) is 2. The van der Waals surface area contributed by atoms with Crippen LogP contribution in [0, 0.1) is 23.6 Å². The Hall–Kier alpha value is -1.91. The number of nitrogens with zero attached hydrogens (tertiary/aromatic N) is 2. The Balaban J connectivity index is 1.32. The normalized spacial score (nSPS) is 34.7. The molecule has 5 aliphatic rings. The first-order valence-electron chi connectivity index (χ1n) is 11.5. The van der Waals surface area contributed by atoms with Gasteiger partial charge in [0.05, 0.1) is 6.04 Å². The van der Waals surface area contributed by atoms with Crippen molar-refractivity contribution in [3.63, 3.8) is 0 Å². The number of hydrogen-bond donors (Lipinski definition) is 1. The van der Waals surface area contributed by atoms with Crippen LogP contribution in [0.25, 0.3) is 0 Å². The molecule has 1 aromatic carbocycles. The molecule has 0 spiro atoms. The molecule has 156 valence electrons. The maximum atomic E-state index is 14.5. The third kappa shape index (κ3) is 3.47. The zero-order chi connectivity index (χ0) is 20.0. The van der Waals surface area contributed by atoms with E-state index in [2.05, 4.69) is 12.2 Å². The minimum Gasteiger partial charge on any atom is -0.345 e. The van der Waals surface area contributed by atoms with Crippen LogP contribution in [0.1, 0.15) is 76.3 Å². The van der Waals surface area contributed by atoms with Gasteiger partial charge in [0, 0.05) is 24.1 Å². The molecule has 0 radical (unpaired) electrons. The average molecular weight is 398 g/mol. The van der Waals surface area contributed by atoms with Gasteiger partial charge in [0.2, 0.25) is 0 Å². The number of halogens is 1. The topological polar surface area (TPSA) is 44.7 Å². The number of nitrogens with one attached hydrogen (secondary N) is 1. The summed E-state index contributed by atoms with van der Waals surface area (Å²) in [5, 5.41) is 10.1. The highest BCUT2D eigenvalue weighted by Crippen LogP contribution is 2.59. The highest BCUT2D eigenvalue weighted by molar-refractivity contribution is 6.39. The molecule has 1 aromatic rings. The van der Waals surface area contributed by atoms with Gasteiger partial charge in [0.15, 0.2) is 0 Å². The molecule has 4 aliphatic carbocycles. The largest absolute Gasteiger partial charge is 0.345 e. The van der Waals surface area contributed by atoms with Crippen LogP contribution in [-0.4, -0.2) is 28.7 Å². The maximum Gasteiger partial charge on any atom is 0.267 e. The van der Waals surface area contributed by atoms with Crippen molar-refractivity contribution in [3.8, 4) is 0 Å². The summed E-state index contributed by atoms with van der Waals surface area (Å²) in [5.41, 5.74) is 1.22. The Morgan fingerprint density at radius 3 is 2.66 bits per heavy atom. The Morgan fingerprint density at radius 1 is 1.21 bits per heavy atom. The molecular formula is C24H32FN3O. The fourth-order valence-corrected chi connectivity index (χ4v) is 6.71. The molecule has 29 heavy (non-hydrogen) atoms. The molecule has 1 aliphatic heterocycles. The van der Waals surface area contributed by atoms with Crippen LogP contribution in [0.4, 0.5) is 4.39 Å². The highest BCUT2D eigenvalue weighted by Gasteiger charge is 2.56. The second-order valence-electron chi connectivity index (χ2n) is 9.86. The molecule has 1 amide bonds. The van der Waals surface area contributed by atoms with Gasteiger partial charge in [-0.25, -0.2) is 4.39 Å². The summed E-state index contributed by atoms with van der Waals surface area (Å²) < 4.78 is 14.5. The van der Waals surface area contributed by atoms with Gasteiger partial charge in [-0.2, -0.15) is 5.10 Å². The molecule has 4 bridgehead atoms. The van der Waals surface area contributed by atoms with Crippen molar-refractivity contribution in [1.82, 2.24) is 10.3 Å². The summed E-state index contributed by atoms with van der Waals surface area (Å²) in [6.45, 7) is 2.93. The van der Waals surface area contributed by atoms with Gasteiger partial charge < -0.3 is 5.32 Å². The lowest BCUT2D eigenvalue weighted by Crippen LogP contribution is -2.52. The van der Waals surface area contributed by atoms with Crippen LogP contribution >= 0.6 is 0 Å². The summed E-state index contributed by atoms with van der Waals surface area (Å²) in [5.74, 6) is 2.20. The first-order valence-corrected chi connectivity index (χ1v) is 11.5. The van der Waals surface area contributed by atoms with Gasteiger partial charge >= 0.3 is 0 Å². The maximum absolute atomic E-state index is 14.5. The number of benzene rings is 1. The van der Waals surface area contributed by atoms with Crippen molar-refractivity contribution < 1.29 is 9.18 Å². The molecule has 1 N–H and O–H groups in total. The summed E-state index contributed by atoms with van der Waals surface area (Å²) in [6.07, 6.45) is 9.89. The lowest BCUT2D eigenvalue weighted by atomic mass is 9.75. The van der Waals surface area contributed by atoms with E-state index in [1.54, 1.807) is 6.07 Å². The SMILES string of the molecule is CCCCCN1N=C(C(=O)NC23CC4CC(C2)C(C4)C3)CC1c1ccccc1F. The van der Waals surface area contributed by atoms with Crippen molar-refractivity contribution in [1.29, 1.82) is 0 Å². The molecule has 4 saturated carbocycles. The van der Waals surface area contributed by atoms with E-state index in [9.17, 15) is 9.18 Å². The first kappa shape index (κ1) is 19.1. The molecule has 3 unspecified atom stereocenters. The van der Waals surface area contributed by atoms with Gasteiger partial charge in [0.25, 0.3) is 5.91 Å². The van der Waals surface area contributed by atoms with E-state index in [-0.39, 0.29) is 23.3 Å². The van der Waals surface area contributed by atoms with Gasteiger partial charge in [-0.3, -0.25) is 9.80 Å². The number of hydrogen-bond acceptors (Lipinski definition) is 3. The highest BCUT2D eigenvalue weighted by atomic mass is 19.1. The summed E-state index contributed by atoms with van der Waals surface area (Å²) >= 11 is 0. The second kappa shape index (κ2) is 7.41. The second-order valence-corrected chi connectivity index (χ2v) is 9.86. The molecule has 0 aromatic heterocycles. The molecule has 6 rings (SSSR count). The minimum absolute atomic E-state index is 0.000766. The Bertz CT molecular complexity index is 803. The number of rotatable bonds is 7. The van der Waals surface area contributed by atoms with Gasteiger partial charge in [0.1, 0.15) is 11.5 Å². The van der Waals surface area contributed by atoms with Crippen molar-refractivity contribution in [2.24, 2.45) is 22.9 Å². The van der Waals surface area contributed by atoms with E-state index in [1.807, 2.05) is 17.1 Å². The molecular weight excluding hydrogens is 365 g/mol. The third-order valence-corrected chi connectivity index (χ3v) is 7.82. The fraction of sp³-hybridized carbons (Fsp3) is 0.667. The van der Waals surface area contributed by atoms with Crippen LogP contribution in [0.5, 0.6) is 0 Å². The van der Waals surface area contributed by atoms with E-state index in [0.717, 1.165) is 62.8 Å². The van der Waals surface area contributed by atoms with Crippen LogP contribution in [0.2, 0.25) is 0 Å². The Labute approximate surface area is 172 Å². The molecule has 0 saturated heterocycles. The predicted molar refractivity (Wildman–Crippen MR) is 112 cm³/mol. The zero-order valence-electron chi connectivity index (χ0n) is 17.4. The van der Waals surface area contributed by atoms with Crippen LogP contribution < -0.4 is 5.32 Å². The standard InChI is InChI=1S/C24H32FN3O/c1-2-3-6-9-28-22(19-7-4-5-8-20(19)25)12-21(27-28)23(29)26-24-13-16-10-17(14-24)18(11-16)15-24/h4-5,7-8,16-18,22H,2-3,6,9-15H2,1H3,(H,26,29). The number of carbonyl (C=O) groups is 1. The number of carbonyl (C=O) groups excluding carboxylic acids is 1. The Kier molecular flexibility index (Phi) is 4.87. The molecule has 5 heteroatoms. The van der Waals surface area contributed by atoms with Crippen molar-refractivity contribution in [3.05, 3.63) is 35.6 Å². The zero-order valence-corrected chi connectivity index (χ0v) is 17.4.